The summed E-state index contributed by atoms with van der Waals surface area (Å²) in [6, 6.07) is 12.8. The summed E-state index contributed by atoms with van der Waals surface area (Å²) in [5.74, 6) is 1.33. The third-order valence-corrected chi connectivity index (χ3v) is 6.54. The SMILES string of the molecule is CCOc1ccc(CCNS(=O)(=O)c2ccc(C(C)(C)CC)cc2)cc1OC. The Balaban J connectivity index is 2.02. The molecule has 0 amide bonds. The Hall–Kier alpha value is -2.05. The van der Waals surface area contributed by atoms with Crippen LogP contribution in [0.5, 0.6) is 11.5 Å². The summed E-state index contributed by atoms with van der Waals surface area (Å²) in [6.45, 7) is 9.21. The van der Waals surface area contributed by atoms with Crippen LogP contribution in [0.25, 0.3) is 0 Å². The average Bonchev–Trinajstić information content (AvgIpc) is 2.69. The van der Waals surface area contributed by atoms with Crippen LogP contribution in [0.3, 0.4) is 0 Å². The highest BCUT2D eigenvalue weighted by Crippen LogP contribution is 2.29. The highest BCUT2D eigenvalue weighted by atomic mass is 32.2. The molecule has 0 saturated carbocycles. The molecule has 0 aliphatic rings. The van der Waals surface area contributed by atoms with Crippen LogP contribution in [-0.2, 0) is 21.9 Å². The highest BCUT2D eigenvalue weighted by molar-refractivity contribution is 7.89. The number of nitrogens with one attached hydrogen (secondary N) is 1. The quantitative estimate of drug-likeness (QED) is 0.640. The van der Waals surface area contributed by atoms with E-state index in [0.29, 0.717) is 31.1 Å². The van der Waals surface area contributed by atoms with Crippen LogP contribution in [0.15, 0.2) is 47.4 Å². The third kappa shape index (κ3) is 5.49. The molecule has 154 valence electrons. The van der Waals surface area contributed by atoms with Crippen LogP contribution < -0.4 is 14.2 Å². The summed E-state index contributed by atoms with van der Waals surface area (Å²) in [4.78, 5) is 0.285. The van der Waals surface area contributed by atoms with E-state index < -0.39 is 10.0 Å². The van der Waals surface area contributed by atoms with Crippen molar-refractivity contribution in [2.45, 2.75) is 50.8 Å². The first kappa shape index (κ1) is 22.2. The van der Waals surface area contributed by atoms with Crippen LogP contribution in [0, 0.1) is 0 Å². The van der Waals surface area contributed by atoms with Crippen molar-refractivity contribution < 1.29 is 17.9 Å². The molecule has 0 aliphatic carbocycles. The summed E-state index contributed by atoms with van der Waals surface area (Å²) in [5.41, 5.74) is 2.14. The monoisotopic (exact) mass is 405 g/mol. The molecule has 0 saturated heterocycles. The predicted molar refractivity (Wildman–Crippen MR) is 113 cm³/mol. The van der Waals surface area contributed by atoms with E-state index in [9.17, 15) is 8.42 Å². The first-order valence-corrected chi connectivity index (χ1v) is 11.1. The smallest absolute Gasteiger partial charge is 0.240 e. The van der Waals surface area contributed by atoms with Crippen molar-refractivity contribution in [3.8, 4) is 11.5 Å². The van der Waals surface area contributed by atoms with Crippen LogP contribution in [0.1, 0.15) is 45.2 Å². The molecule has 0 radical (unpaired) electrons. The van der Waals surface area contributed by atoms with Crippen LogP contribution >= 0.6 is 0 Å². The average molecular weight is 406 g/mol. The zero-order chi connectivity index (χ0) is 20.8. The van der Waals surface area contributed by atoms with E-state index in [1.54, 1.807) is 19.2 Å². The van der Waals surface area contributed by atoms with Crippen molar-refractivity contribution in [2.75, 3.05) is 20.3 Å². The maximum Gasteiger partial charge on any atom is 0.240 e. The van der Waals surface area contributed by atoms with Gasteiger partial charge in [0.15, 0.2) is 11.5 Å². The molecule has 5 nitrogen and oxygen atoms in total. The minimum absolute atomic E-state index is 0.0302. The normalized spacial score (nSPS) is 12.0. The molecular formula is C22H31NO4S. The van der Waals surface area contributed by atoms with E-state index >= 15 is 0 Å². The molecule has 0 unspecified atom stereocenters. The fourth-order valence-corrected chi connectivity index (χ4v) is 3.88. The van der Waals surface area contributed by atoms with Gasteiger partial charge in [0, 0.05) is 6.54 Å². The Labute approximate surface area is 169 Å². The van der Waals surface area contributed by atoms with Gasteiger partial charge in [-0.15, -0.1) is 0 Å². The molecule has 2 aromatic rings. The lowest BCUT2D eigenvalue weighted by Crippen LogP contribution is -2.26. The molecule has 0 aromatic heterocycles. The second kappa shape index (κ2) is 9.43. The van der Waals surface area contributed by atoms with Crippen molar-refractivity contribution in [3.05, 3.63) is 53.6 Å². The molecule has 0 spiro atoms. The molecule has 2 rings (SSSR count). The lowest BCUT2D eigenvalue weighted by Gasteiger charge is -2.23. The zero-order valence-corrected chi connectivity index (χ0v) is 18.2. The van der Waals surface area contributed by atoms with Gasteiger partial charge in [-0.3, -0.25) is 0 Å². The summed E-state index contributed by atoms with van der Waals surface area (Å²) < 4.78 is 38.6. The van der Waals surface area contributed by atoms with E-state index in [1.807, 2.05) is 37.3 Å². The van der Waals surface area contributed by atoms with Crippen molar-refractivity contribution in [1.82, 2.24) is 4.72 Å². The van der Waals surface area contributed by atoms with Crippen molar-refractivity contribution in [3.63, 3.8) is 0 Å². The number of hydrogen-bond acceptors (Lipinski definition) is 4. The lowest BCUT2D eigenvalue weighted by atomic mass is 9.82. The zero-order valence-electron chi connectivity index (χ0n) is 17.4. The third-order valence-electron chi connectivity index (χ3n) is 5.06. The molecule has 0 aliphatic heterocycles. The minimum Gasteiger partial charge on any atom is -0.493 e. The molecule has 0 fully saturated rings. The predicted octanol–water partition coefficient (Wildman–Crippen LogP) is 4.30. The topological polar surface area (TPSA) is 64.6 Å². The molecule has 28 heavy (non-hydrogen) atoms. The van der Waals surface area contributed by atoms with Gasteiger partial charge in [-0.1, -0.05) is 39.0 Å². The Morgan fingerprint density at radius 2 is 1.68 bits per heavy atom. The van der Waals surface area contributed by atoms with Crippen molar-refractivity contribution in [1.29, 1.82) is 0 Å². The Morgan fingerprint density at radius 3 is 2.25 bits per heavy atom. The lowest BCUT2D eigenvalue weighted by molar-refractivity contribution is 0.310. The van der Waals surface area contributed by atoms with Gasteiger partial charge in [0.25, 0.3) is 0 Å². The van der Waals surface area contributed by atoms with Gasteiger partial charge in [-0.25, -0.2) is 13.1 Å². The largest absolute Gasteiger partial charge is 0.493 e. The van der Waals surface area contributed by atoms with Gasteiger partial charge in [0.2, 0.25) is 10.0 Å². The maximum absolute atomic E-state index is 12.6. The molecule has 6 heteroatoms. The minimum atomic E-state index is -3.54. The van der Waals surface area contributed by atoms with Gasteiger partial charge < -0.3 is 9.47 Å². The highest BCUT2D eigenvalue weighted by Gasteiger charge is 2.20. The van der Waals surface area contributed by atoms with Gasteiger partial charge in [-0.2, -0.15) is 0 Å². The second-order valence-electron chi connectivity index (χ2n) is 7.33. The number of hydrogen-bond donors (Lipinski definition) is 1. The number of benzene rings is 2. The summed E-state index contributed by atoms with van der Waals surface area (Å²) in [5, 5.41) is 0. The van der Waals surface area contributed by atoms with Gasteiger partial charge >= 0.3 is 0 Å². The molecule has 0 heterocycles. The Morgan fingerprint density at radius 1 is 1.00 bits per heavy atom. The summed E-state index contributed by atoms with van der Waals surface area (Å²) in [6.07, 6.45) is 1.55. The first-order chi connectivity index (χ1) is 13.2. The fraction of sp³-hybridized carbons (Fsp3) is 0.455. The number of methoxy groups -OCH3 is 1. The molecular weight excluding hydrogens is 374 g/mol. The van der Waals surface area contributed by atoms with Gasteiger partial charge in [0.05, 0.1) is 18.6 Å². The van der Waals surface area contributed by atoms with E-state index in [2.05, 4.69) is 25.5 Å². The number of rotatable bonds is 10. The second-order valence-corrected chi connectivity index (χ2v) is 9.09. The standard InChI is InChI=1S/C22H31NO4S/c1-6-22(3,4)18-9-11-19(12-10-18)28(24,25)23-15-14-17-8-13-20(27-7-2)21(16-17)26-5/h8-13,16,23H,6-7,14-15H2,1-5H3. The molecule has 2 aromatic carbocycles. The van der Waals surface area contributed by atoms with Gasteiger partial charge in [0.1, 0.15) is 0 Å². The van der Waals surface area contributed by atoms with E-state index in [4.69, 9.17) is 9.47 Å². The van der Waals surface area contributed by atoms with Gasteiger partial charge in [-0.05, 0) is 60.6 Å². The van der Waals surface area contributed by atoms with E-state index in [0.717, 1.165) is 17.5 Å². The first-order valence-electron chi connectivity index (χ1n) is 9.63. The molecule has 0 atom stereocenters. The Bertz CT molecular complexity index is 874. The Kier molecular flexibility index (Phi) is 7.49. The molecule has 1 N–H and O–H groups in total. The van der Waals surface area contributed by atoms with Crippen molar-refractivity contribution >= 4 is 10.0 Å². The fourth-order valence-electron chi connectivity index (χ4n) is 2.84. The number of ether oxygens (including phenoxy) is 2. The summed E-state index contributed by atoms with van der Waals surface area (Å²) >= 11 is 0. The summed E-state index contributed by atoms with van der Waals surface area (Å²) in [7, 11) is -1.95. The van der Waals surface area contributed by atoms with Crippen LogP contribution in [0.4, 0.5) is 0 Å². The van der Waals surface area contributed by atoms with E-state index in [1.165, 1.54) is 0 Å². The molecule has 0 bridgehead atoms. The van der Waals surface area contributed by atoms with Crippen molar-refractivity contribution in [2.24, 2.45) is 0 Å². The van der Waals surface area contributed by atoms with Crippen LogP contribution in [0.2, 0.25) is 0 Å². The maximum atomic E-state index is 12.6. The van der Waals surface area contributed by atoms with E-state index in [-0.39, 0.29) is 10.3 Å². The van der Waals surface area contributed by atoms with Crippen LogP contribution in [-0.4, -0.2) is 28.7 Å². The number of sulfonamides is 1.